The number of hydrogen-bond donors (Lipinski definition) is 1. The van der Waals surface area contributed by atoms with Crippen LogP contribution in [-0.2, 0) is 17.6 Å². The molecule has 2 aromatic heterocycles. The van der Waals surface area contributed by atoms with Crippen molar-refractivity contribution in [3.8, 4) is 0 Å². The lowest BCUT2D eigenvalue weighted by molar-refractivity contribution is -0.120. The summed E-state index contributed by atoms with van der Waals surface area (Å²) < 4.78 is 5.37. The van der Waals surface area contributed by atoms with Gasteiger partial charge in [0.05, 0.1) is 12.1 Å². The zero-order valence-corrected chi connectivity index (χ0v) is 11.3. The van der Waals surface area contributed by atoms with E-state index in [2.05, 4.69) is 16.4 Å². The minimum Gasteiger partial charge on any atom is -0.445 e. The van der Waals surface area contributed by atoms with Crippen molar-refractivity contribution >= 4 is 17.2 Å². The third-order valence-electron chi connectivity index (χ3n) is 2.59. The van der Waals surface area contributed by atoms with Gasteiger partial charge < -0.3 is 9.73 Å². The monoisotopic (exact) mass is 264 g/mol. The van der Waals surface area contributed by atoms with Crippen LogP contribution in [-0.4, -0.2) is 17.4 Å². The van der Waals surface area contributed by atoms with Gasteiger partial charge in [0, 0.05) is 18.3 Å². The van der Waals surface area contributed by atoms with Gasteiger partial charge in [-0.05, 0) is 24.8 Å². The van der Waals surface area contributed by atoms with Crippen molar-refractivity contribution in [1.29, 1.82) is 0 Å². The number of oxazole rings is 1. The van der Waals surface area contributed by atoms with Crippen molar-refractivity contribution in [3.63, 3.8) is 0 Å². The Morgan fingerprint density at radius 1 is 1.50 bits per heavy atom. The normalized spacial score (nSPS) is 10.6. The molecule has 1 N–H and O–H groups in total. The van der Waals surface area contributed by atoms with Gasteiger partial charge in [-0.3, -0.25) is 4.79 Å². The van der Waals surface area contributed by atoms with Crippen molar-refractivity contribution in [2.24, 2.45) is 0 Å². The lowest BCUT2D eigenvalue weighted by Crippen LogP contribution is -2.27. The fraction of sp³-hybridized carbons (Fsp3) is 0.385. The summed E-state index contributed by atoms with van der Waals surface area (Å²) in [5.41, 5.74) is 0.793. The van der Waals surface area contributed by atoms with E-state index in [1.807, 2.05) is 18.4 Å². The van der Waals surface area contributed by atoms with Gasteiger partial charge in [0.25, 0.3) is 0 Å². The Morgan fingerprint density at radius 3 is 2.94 bits per heavy atom. The molecule has 1 amide bonds. The molecule has 0 fully saturated rings. The maximum Gasteiger partial charge on any atom is 0.227 e. The van der Waals surface area contributed by atoms with E-state index in [-0.39, 0.29) is 12.3 Å². The van der Waals surface area contributed by atoms with E-state index in [0.717, 1.165) is 12.1 Å². The summed E-state index contributed by atoms with van der Waals surface area (Å²) in [6.45, 7) is 4.29. The Hall–Kier alpha value is -1.62. The highest BCUT2D eigenvalue weighted by atomic mass is 32.1. The van der Waals surface area contributed by atoms with Crippen LogP contribution in [0.5, 0.6) is 0 Å². The summed E-state index contributed by atoms with van der Waals surface area (Å²) in [6.07, 6.45) is 1.13. The van der Waals surface area contributed by atoms with Crippen LogP contribution in [0.25, 0.3) is 0 Å². The third kappa shape index (κ3) is 3.43. The molecule has 0 saturated carbocycles. The van der Waals surface area contributed by atoms with Gasteiger partial charge in [-0.25, -0.2) is 4.98 Å². The summed E-state index contributed by atoms with van der Waals surface area (Å²) in [6, 6.07) is 4.09. The highest BCUT2D eigenvalue weighted by Gasteiger charge is 2.11. The molecule has 0 radical (unpaired) electrons. The molecule has 0 aliphatic heterocycles. The van der Waals surface area contributed by atoms with E-state index >= 15 is 0 Å². The quantitative estimate of drug-likeness (QED) is 0.901. The van der Waals surface area contributed by atoms with E-state index in [9.17, 15) is 4.79 Å². The predicted octanol–water partition coefficient (Wildman–Crippen LogP) is 2.25. The van der Waals surface area contributed by atoms with Crippen LogP contribution in [0.4, 0.5) is 0 Å². The molecule has 18 heavy (non-hydrogen) atoms. The van der Waals surface area contributed by atoms with E-state index in [0.29, 0.717) is 18.2 Å². The molecule has 2 rings (SSSR count). The second-order valence-electron chi connectivity index (χ2n) is 4.10. The van der Waals surface area contributed by atoms with Crippen LogP contribution in [0.1, 0.15) is 22.2 Å². The molecule has 96 valence electrons. The van der Waals surface area contributed by atoms with Gasteiger partial charge in [-0.1, -0.05) is 6.07 Å². The number of aromatic nitrogens is 1. The molecule has 0 saturated heterocycles. The number of thiophene rings is 1. The zero-order valence-electron chi connectivity index (χ0n) is 10.5. The molecular formula is C13H16N2O2S. The summed E-state index contributed by atoms with van der Waals surface area (Å²) in [5, 5.41) is 4.93. The summed E-state index contributed by atoms with van der Waals surface area (Å²) in [7, 11) is 0. The van der Waals surface area contributed by atoms with E-state index in [1.54, 1.807) is 18.3 Å². The molecule has 0 aromatic carbocycles. The number of amides is 1. The van der Waals surface area contributed by atoms with Crippen molar-refractivity contribution in [3.05, 3.63) is 39.7 Å². The summed E-state index contributed by atoms with van der Waals surface area (Å²) in [4.78, 5) is 17.1. The van der Waals surface area contributed by atoms with Crippen molar-refractivity contribution < 1.29 is 9.21 Å². The fourth-order valence-electron chi connectivity index (χ4n) is 1.73. The molecule has 0 bridgehead atoms. The first-order valence-electron chi connectivity index (χ1n) is 5.87. The van der Waals surface area contributed by atoms with Crippen molar-refractivity contribution in [2.45, 2.75) is 26.7 Å². The first-order chi connectivity index (χ1) is 8.65. The fourth-order valence-corrected chi connectivity index (χ4v) is 2.43. The second-order valence-corrected chi connectivity index (χ2v) is 5.13. The predicted molar refractivity (Wildman–Crippen MR) is 70.7 cm³/mol. The first-order valence-corrected chi connectivity index (χ1v) is 6.75. The standard InChI is InChI=1S/C13H16N2O2S/c1-9-12(17-10(2)15-9)8-13(16)14-6-5-11-4-3-7-18-11/h3-4,7H,5-6,8H2,1-2H3,(H,14,16). The average Bonchev–Trinajstić information content (AvgIpc) is 2.90. The summed E-state index contributed by atoms with van der Waals surface area (Å²) >= 11 is 1.70. The Kier molecular flexibility index (Phi) is 4.15. The van der Waals surface area contributed by atoms with Gasteiger partial charge in [0.1, 0.15) is 5.76 Å². The number of carbonyl (C=O) groups is 1. The molecule has 0 atom stereocenters. The molecular weight excluding hydrogens is 248 g/mol. The highest BCUT2D eigenvalue weighted by Crippen LogP contribution is 2.10. The highest BCUT2D eigenvalue weighted by molar-refractivity contribution is 7.09. The van der Waals surface area contributed by atoms with Crippen LogP contribution in [0, 0.1) is 13.8 Å². The number of aryl methyl sites for hydroxylation is 2. The zero-order chi connectivity index (χ0) is 13.0. The lowest BCUT2D eigenvalue weighted by Gasteiger charge is -2.02. The topological polar surface area (TPSA) is 55.1 Å². The Bertz CT molecular complexity index is 517. The maximum absolute atomic E-state index is 11.7. The molecule has 0 unspecified atom stereocenters. The second kappa shape index (κ2) is 5.82. The Balaban J connectivity index is 1.77. The SMILES string of the molecule is Cc1nc(C)c(CC(=O)NCCc2cccs2)o1. The van der Waals surface area contributed by atoms with Crippen LogP contribution in [0.2, 0.25) is 0 Å². The van der Waals surface area contributed by atoms with Gasteiger partial charge in [-0.15, -0.1) is 11.3 Å². The number of rotatable bonds is 5. The number of nitrogens with one attached hydrogen (secondary N) is 1. The Morgan fingerprint density at radius 2 is 2.33 bits per heavy atom. The average molecular weight is 264 g/mol. The van der Waals surface area contributed by atoms with Gasteiger partial charge >= 0.3 is 0 Å². The van der Waals surface area contributed by atoms with Crippen molar-refractivity contribution in [1.82, 2.24) is 10.3 Å². The number of carbonyl (C=O) groups excluding carboxylic acids is 1. The smallest absolute Gasteiger partial charge is 0.227 e. The van der Waals surface area contributed by atoms with Gasteiger partial charge in [0.15, 0.2) is 5.89 Å². The van der Waals surface area contributed by atoms with E-state index < -0.39 is 0 Å². The third-order valence-corrected chi connectivity index (χ3v) is 3.53. The number of hydrogen-bond acceptors (Lipinski definition) is 4. The molecule has 0 spiro atoms. The van der Waals surface area contributed by atoms with E-state index in [1.165, 1.54) is 4.88 Å². The largest absolute Gasteiger partial charge is 0.445 e. The molecule has 0 aliphatic rings. The van der Waals surface area contributed by atoms with Crippen LogP contribution >= 0.6 is 11.3 Å². The lowest BCUT2D eigenvalue weighted by atomic mass is 10.2. The van der Waals surface area contributed by atoms with Crippen LogP contribution in [0.15, 0.2) is 21.9 Å². The van der Waals surface area contributed by atoms with Gasteiger partial charge in [-0.2, -0.15) is 0 Å². The number of nitrogens with zero attached hydrogens (tertiary/aromatic N) is 1. The minimum atomic E-state index is -0.0224. The van der Waals surface area contributed by atoms with E-state index in [4.69, 9.17) is 4.42 Å². The molecule has 0 aliphatic carbocycles. The minimum absolute atomic E-state index is 0.0224. The molecule has 5 heteroatoms. The first kappa shape index (κ1) is 12.8. The van der Waals surface area contributed by atoms with Crippen LogP contribution in [0.3, 0.4) is 0 Å². The Labute approximate surface area is 110 Å². The summed E-state index contributed by atoms with van der Waals surface area (Å²) in [5.74, 6) is 1.24. The molecule has 2 aromatic rings. The van der Waals surface area contributed by atoms with Crippen molar-refractivity contribution in [2.75, 3.05) is 6.54 Å². The van der Waals surface area contributed by atoms with Crippen LogP contribution < -0.4 is 5.32 Å². The molecule has 4 nitrogen and oxygen atoms in total. The maximum atomic E-state index is 11.7. The van der Waals surface area contributed by atoms with Gasteiger partial charge in [0.2, 0.25) is 5.91 Å². The molecule has 2 heterocycles.